The van der Waals surface area contributed by atoms with E-state index in [1.165, 1.54) is 12.0 Å². The maximum absolute atomic E-state index is 13.3. The number of hydrogen-bond acceptors (Lipinski definition) is 4. The minimum absolute atomic E-state index is 0.0118. The van der Waals surface area contributed by atoms with Crippen LogP contribution >= 0.6 is 23.2 Å². The van der Waals surface area contributed by atoms with E-state index in [1.54, 1.807) is 36.4 Å². The van der Waals surface area contributed by atoms with E-state index in [9.17, 15) is 9.59 Å². The molecule has 0 fully saturated rings. The van der Waals surface area contributed by atoms with E-state index in [-0.39, 0.29) is 31.0 Å². The first-order chi connectivity index (χ1) is 15.3. The molecule has 0 unspecified atom stereocenters. The first-order valence-corrected chi connectivity index (χ1v) is 11.4. The topological polar surface area (TPSA) is 67.9 Å². The van der Waals surface area contributed by atoms with Crippen molar-refractivity contribution < 1.29 is 19.1 Å². The lowest BCUT2D eigenvalue weighted by molar-refractivity contribution is -0.143. The van der Waals surface area contributed by atoms with E-state index in [4.69, 9.17) is 32.7 Å². The van der Waals surface area contributed by atoms with Gasteiger partial charge in [-0.3, -0.25) is 9.59 Å². The summed E-state index contributed by atoms with van der Waals surface area (Å²) in [7, 11) is 1.53. The minimum Gasteiger partial charge on any atom is -0.493 e. The molecule has 32 heavy (non-hydrogen) atoms. The Morgan fingerprint density at radius 3 is 2.19 bits per heavy atom. The number of benzene rings is 2. The van der Waals surface area contributed by atoms with Crippen molar-refractivity contribution in [2.75, 3.05) is 13.7 Å². The van der Waals surface area contributed by atoms with Crippen molar-refractivity contribution in [3.8, 4) is 11.5 Å². The van der Waals surface area contributed by atoms with Crippen LogP contribution in [0.25, 0.3) is 0 Å². The predicted octanol–water partition coefficient (Wildman–Crippen LogP) is 5.10. The molecule has 8 heteroatoms. The molecule has 2 rings (SSSR count). The van der Waals surface area contributed by atoms with E-state index in [0.29, 0.717) is 33.5 Å². The third-order valence-electron chi connectivity index (χ3n) is 5.20. The number of nitrogens with one attached hydrogen (secondary N) is 1. The summed E-state index contributed by atoms with van der Waals surface area (Å²) in [6.45, 7) is 5.58. The number of hydrogen-bond donors (Lipinski definition) is 1. The van der Waals surface area contributed by atoms with Gasteiger partial charge in [0.15, 0.2) is 18.1 Å². The summed E-state index contributed by atoms with van der Waals surface area (Å²) in [6, 6.07) is 11.5. The van der Waals surface area contributed by atoms with Gasteiger partial charge in [0.2, 0.25) is 5.91 Å². The summed E-state index contributed by atoms with van der Waals surface area (Å²) >= 11 is 12.7. The fourth-order valence-electron chi connectivity index (χ4n) is 3.17. The highest BCUT2D eigenvalue weighted by Gasteiger charge is 2.30. The molecule has 0 aliphatic rings. The summed E-state index contributed by atoms with van der Waals surface area (Å²) in [5.74, 6) is 0.368. The third kappa shape index (κ3) is 6.78. The standard InChI is InChI=1S/C24H30Cl2N2O4/c1-5-16(3)27-24(30)20(6-2)28(14-17-18(25)10-9-11-19(17)26)23(29)15-32-22-13-8-7-12-21(22)31-4/h7-13,16,20H,5-6,14-15H2,1-4H3,(H,27,30)/t16-,20+/m1/s1. The van der Waals surface area contributed by atoms with E-state index < -0.39 is 6.04 Å². The third-order valence-corrected chi connectivity index (χ3v) is 5.91. The number of ether oxygens (including phenoxy) is 2. The molecule has 2 aromatic carbocycles. The maximum atomic E-state index is 13.3. The fourth-order valence-corrected chi connectivity index (χ4v) is 3.69. The van der Waals surface area contributed by atoms with Gasteiger partial charge in [-0.05, 0) is 44.0 Å². The molecule has 0 saturated heterocycles. The van der Waals surface area contributed by atoms with Gasteiger partial charge in [-0.1, -0.05) is 55.2 Å². The van der Waals surface area contributed by atoms with Gasteiger partial charge in [0.05, 0.1) is 7.11 Å². The second kappa shape index (κ2) is 12.6. The van der Waals surface area contributed by atoms with Crippen molar-refractivity contribution in [1.82, 2.24) is 10.2 Å². The largest absolute Gasteiger partial charge is 0.493 e. The van der Waals surface area contributed by atoms with Gasteiger partial charge in [0.25, 0.3) is 5.91 Å². The van der Waals surface area contributed by atoms with Gasteiger partial charge in [0.1, 0.15) is 6.04 Å². The molecule has 2 atom stereocenters. The van der Waals surface area contributed by atoms with E-state index in [2.05, 4.69) is 5.32 Å². The number of carbonyl (C=O) groups excluding carboxylic acids is 2. The number of amides is 2. The molecule has 6 nitrogen and oxygen atoms in total. The van der Waals surface area contributed by atoms with Gasteiger partial charge >= 0.3 is 0 Å². The number of carbonyl (C=O) groups is 2. The summed E-state index contributed by atoms with van der Waals surface area (Å²) in [4.78, 5) is 27.8. The SMILES string of the molecule is CC[C@@H](C)NC(=O)[C@H](CC)N(Cc1c(Cl)cccc1Cl)C(=O)COc1ccccc1OC. The van der Waals surface area contributed by atoms with Gasteiger partial charge in [-0.25, -0.2) is 0 Å². The average Bonchev–Trinajstić information content (AvgIpc) is 2.79. The zero-order valence-corrected chi connectivity index (χ0v) is 20.4. The molecule has 0 radical (unpaired) electrons. The van der Waals surface area contributed by atoms with Gasteiger partial charge in [-0.2, -0.15) is 0 Å². The first kappa shape index (κ1) is 25.8. The lowest BCUT2D eigenvalue weighted by Crippen LogP contribution is -2.51. The Bertz CT molecular complexity index is 902. The zero-order valence-electron chi connectivity index (χ0n) is 18.9. The van der Waals surface area contributed by atoms with Crippen LogP contribution in [0.5, 0.6) is 11.5 Å². The van der Waals surface area contributed by atoms with Crippen LogP contribution in [0.2, 0.25) is 10.0 Å². The van der Waals surface area contributed by atoms with E-state index >= 15 is 0 Å². The Morgan fingerprint density at radius 1 is 1.00 bits per heavy atom. The lowest BCUT2D eigenvalue weighted by atomic mass is 10.1. The molecular weight excluding hydrogens is 451 g/mol. The van der Waals surface area contributed by atoms with Crippen molar-refractivity contribution >= 4 is 35.0 Å². The Labute approximate surface area is 199 Å². The number of nitrogens with zero attached hydrogens (tertiary/aromatic N) is 1. The lowest BCUT2D eigenvalue weighted by Gasteiger charge is -2.32. The van der Waals surface area contributed by atoms with Crippen LogP contribution in [0.4, 0.5) is 0 Å². The summed E-state index contributed by atoms with van der Waals surface area (Å²) in [6.07, 6.45) is 1.20. The Morgan fingerprint density at radius 2 is 1.62 bits per heavy atom. The van der Waals surface area contributed by atoms with Crippen molar-refractivity contribution in [3.63, 3.8) is 0 Å². The molecule has 0 spiro atoms. The fraction of sp³-hybridized carbons (Fsp3) is 0.417. The molecule has 1 N–H and O–H groups in total. The highest BCUT2D eigenvalue weighted by atomic mass is 35.5. The van der Waals surface area contributed by atoms with Crippen LogP contribution in [0, 0.1) is 0 Å². The molecule has 0 aromatic heterocycles. The van der Waals surface area contributed by atoms with E-state index in [0.717, 1.165) is 6.42 Å². The smallest absolute Gasteiger partial charge is 0.261 e. The highest BCUT2D eigenvalue weighted by Crippen LogP contribution is 2.28. The first-order valence-electron chi connectivity index (χ1n) is 10.6. The Hall–Kier alpha value is -2.44. The molecule has 0 bridgehead atoms. The zero-order chi connectivity index (χ0) is 23.7. The highest BCUT2D eigenvalue weighted by molar-refractivity contribution is 6.36. The molecule has 0 aliphatic heterocycles. The molecule has 2 amide bonds. The summed E-state index contributed by atoms with van der Waals surface area (Å²) < 4.78 is 11.0. The van der Waals surface area contributed by atoms with Crippen molar-refractivity contribution in [3.05, 3.63) is 58.1 Å². The van der Waals surface area contributed by atoms with Gasteiger partial charge in [-0.15, -0.1) is 0 Å². The van der Waals surface area contributed by atoms with Crippen molar-refractivity contribution in [2.24, 2.45) is 0 Å². The van der Waals surface area contributed by atoms with Gasteiger partial charge in [0, 0.05) is 28.2 Å². The second-order valence-corrected chi connectivity index (χ2v) is 8.22. The normalized spacial score (nSPS) is 12.6. The summed E-state index contributed by atoms with van der Waals surface area (Å²) in [5.41, 5.74) is 0.580. The quantitative estimate of drug-likeness (QED) is 0.485. The molecular formula is C24H30Cl2N2O4. The van der Waals surface area contributed by atoms with Crippen molar-refractivity contribution in [1.29, 1.82) is 0 Å². The van der Waals surface area contributed by atoms with Crippen LogP contribution in [0.15, 0.2) is 42.5 Å². The van der Waals surface area contributed by atoms with Crippen LogP contribution in [0.3, 0.4) is 0 Å². The number of halogens is 2. The number of rotatable bonds is 11. The van der Waals surface area contributed by atoms with Crippen LogP contribution < -0.4 is 14.8 Å². The molecule has 0 saturated carbocycles. The Kier molecular flexibility index (Phi) is 10.1. The van der Waals surface area contributed by atoms with Crippen LogP contribution in [-0.2, 0) is 16.1 Å². The summed E-state index contributed by atoms with van der Waals surface area (Å²) in [5, 5.41) is 3.82. The molecule has 0 aliphatic carbocycles. The maximum Gasteiger partial charge on any atom is 0.261 e. The average molecular weight is 481 g/mol. The van der Waals surface area contributed by atoms with Crippen LogP contribution in [-0.4, -0.2) is 42.5 Å². The Balaban J connectivity index is 2.31. The van der Waals surface area contributed by atoms with Crippen molar-refractivity contribution in [2.45, 2.75) is 52.2 Å². The molecule has 2 aromatic rings. The minimum atomic E-state index is -0.704. The monoisotopic (exact) mass is 480 g/mol. The molecule has 0 heterocycles. The second-order valence-electron chi connectivity index (χ2n) is 7.40. The number of methoxy groups -OCH3 is 1. The number of para-hydroxylation sites is 2. The van der Waals surface area contributed by atoms with Crippen LogP contribution in [0.1, 0.15) is 39.2 Å². The predicted molar refractivity (Wildman–Crippen MR) is 127 cm³/mol. The van der Waals surface area contributed by atoms with Gasteiger partial charge < -0.3 is 19.7 Å². The van der Waals surface area contributed by atoms with E-state index in [1.807, 2.05) is 26.8 Å². The molecule has 174 valence electrons.